The zero-order chi connectivity index (χ0) is 13.9. The molecule has 19 heavy (non-hydrogen) atoms. The average Bonchev–Trinajstić information content (AvgIpc) is 2.46. The lowest BCUT2D eigenvalue weighted by molar-refractivity contribution is 0.284. The van der Waals surface area contributed by atoms with Gasteiger partial charge < -0.3 is 14.8 Å². The Bertz CT molecular complexity index is 353. The molecule has 108 valence electrons. The van der Waals surface area contributed by atoms with E-state index in [1.54, 1.807) is 7.11 Å². The first-order valence-electron chi connectivity index (χ1n) is 7.26. The van der Waals surface area contributed by atoms with Crippen molar-refractivity contribution >= 4 is 0 Å². The van der Waals surface area contributed by atoms with Crippen molar-refractivity contribution < 1.29 is 9.47 Å². The Hall–Kier alpha value is -1.22. The third-order valence-corrected chi connectivity index (χ3v) is 3.21. The molecule has 0 unspecified atom stereocenters. The first kappa shape index (κ1) is 15.8. The van der Waals surface area contributed by atoms with Crippen molar-refractivity contribution in [1.82, 2.24) is 5.32 Å². The number of benzene rings is 1. The van der Waals surface area contributed by atoms with E-state index in [1.807, 2.05) is 13.1 Å². The first-order chi connectivity index (χ1) is 9.31. The molecule has 1 aromatic rings. The lowest BCUT2D eigenvalue weighted by Gasteiger charge is -2.11. The summed E-state index contributed by atoms with van der Waals surface area (Å²) < 4.78 is 11.2. The minimum absolute atomic E-state index is 0.765. The van der Waals surface area contributed by atoms with E-state index in [9.17, 15) is 0 Å². The fraction of sp³-hybridized carbons (Fsp3) is 0.625. The van der Waals surface area contributed by atoms with Crippen molar-refractivity contribution in [3.8, 4) is 11.5 Å². The lowest BCUT2D eigenvalue weighted by Crippen LogP contribution is -2.07. The molecule has 0 aromatic heterocycles. The van der Waals surface area contributed by atoms with Crippen LogP contribution in [0.5, 0.6) is 11.5 Å². The maximum absolute atomic E-state index is 5.79. The van der Waals surface area contributed by atoms with Crippen LogP contribution in [-0.2, 0) is 6.42 Å². The van der Waals surface area contributed by atoms with Crippen LogP contribution in [0.15, 0.2) is 18.2 Å². The van der Waals surface area contributed by atoms with Crippen molar-refractivity contribution in [3.05, 3.63) is 23.8 Å². The summed E-state index contributed by atoms with van der Waals surface area (Å²) in [7, 11) is 3.69. The van der Waals surface area contributed by atoms with Gasteiger partial charge in [-0.1, -0.05) is 25.8 Å². The van der Waals surface area contributed by atoms with Gasteiger partial charge in [0, 0.05) is 0 Å². The van der Waals surface area contributed by atoms with E-state index in [-0.39, 0.29) is 0 Å². The molecule has 1 N–H and O–H groups in total. The number of unbranched alkanes of at least 4 members (excludes halogenated alkanes) is 3. The highest BCUT2D eigenvalue weighted by atomic mass is 16.5. The fourth-order valence-corrected chi connectivity index (χ4v) is 1.99. The van der Waals surface area contributed by atoms with Crippen LogP contribution in [-0.4, -0.2) is 27.3 Å². The normalized spacial score (nSPS) is 10.5. The molecule has 0 fully saturated rings. The highest BCUT2D eigenvalue weighted by Crippen LogP contribution is 2.28. The Morgan fingerprint density at radius 1 is 1.05 bits per heavy atom. The molecule has 0 spiro atoms. The SMILES string of the molecule is CCc1ccc(OCCCCCCNC)c(OC)c1. The molecular formula is C16H27NO2. The second kappa shape index (κ2) is 9.68. The standard InChI is InChI=1S/C16H27NO2/c1-4-14-9-10-15(16(13-14)18-3)19-12-8-6-5-7-11-17-2/h9-10,13,17H,4-8,11-12H2,1-3H3. The molecule has 0 heterocycles. The Labute approximate surface area is 117 Å². The van der Waals surface area contributed by atoms with Crippen molar-refractivity contribution in [3.63, 3.8) is 0 Å². The topological polar surface area (TPSA) is 30.5 Å². The van der Waals surface area contributed by atoms with Gasteiger partial charge in [0.15, 0.2) is 11.5 Å². The third-order valence-electron chi connectivity index (χ3n) is 3.21. The lowest BCUT2D eigenvalue weighted by atomic mass is 10.1. The molecule has 0 amide bonds. The van der Waals surface area contributed by atoms with E-state index in [0.717, 1.165) is 37.5 Å². The molecule has 0 saturated heterocycles. The zero-order valence-electron chi connectivity index (χ0n) is 12.5. The Morgan fingerprint density at radius 3 is 2.53 bits per heavy atom. The molecule has 0 bridgehead atoms. The minimum atomic E-state index is 0.765. The second-order valence-corrected chi connectivity index (χ2v) is 4.70. The maximum Gasteiger partial charge on any atom is 0.161 e. The van der Waals surface area contributed by atoms with Crippen LogP contribution < -0.4 is 14.8 Å². The summed E-state index contributed by atoms with van der Waals surface area (Å²) in [5, 5.41) is 3.16. The molecule has 1 rings (SSSR count). The summed E-state index contributed by atoms with van der Waals surface area (Å²) in [5.41, 5.74) is 1.27. The van der Waals surface area contributed by atoms with E-state index < -0.39 is 0 Å². The predicted molar refractivity (Wildman–Crippen MR) is 80.3 cm³/mol. The summed E-state index contributed by atoms with van der Waals surface area (Å²) in [5.74, 6) is 1.70. The number of aryl methyl sites for hydroxylation is 1. The van der Waals surface area contributed by atoms with Gasteiger partial charge in [-0.2, -0.15) is 0 Å². The van der Waals surface area contributed by atoms with Crippen LogP contribution in [0.4, 0.5) is 0 Å². The van der Waals surface area contributed by atoms with Crippen molar-refractivity contribution in [1.29, 1.82) is 0 Å². The summed E-state index contributed by atoms with van der Waals surface area (Å²) in [6.45, 7) is 4.01. The van der Waals surface area contributed by atoms with Gasteiger partial charge in [0.1, 0.15) is 0 Å². The second-order valence-electron chi connectivity index (χ2n) is 4.70. The van der Waals surface area contributed by atoms with Crippen LogP contribution in [0.1, 0.15) is 38.2 Å². The summed E-state index contributed by atoms with van der Waals surface area (Å²) >= 11 is 0. The molecule has 3 nitrogen and oxygen atoms in total. The van der Waals surface area contributed by atoms with Gasteiger partial charge in [0.25, 0.3) is 0 Å². The predicted octanol–water partition coefficient (Wildman–Crippen LogP) is 3.42. The number of hydrogen-bond donors (Lipinski definition) is 1. The Kier molecular flexibility index (Phi) is 8.07. The Balaban J connectivity index is 2.28. The van der Waals surface area contributed by atoms with Gasteiger partial charge in [-0.15, -0.1) is 0 Å². The summed E-state index contributed by atoms with van der Waals surface area (Å²) in [6.07, 6.45) is 5.84. The van der Waals surface area contributed by atoms with E-state index in [4.69, 9.17) is 9.47 Å². The van der Waals surface area contributed by atoms with E-state index in [1.165, 1.54) is 24.8 Å². The van der Waals surface area contributed by atoms with E-state index >= 15 is 0 Å². The minimum Gasteiger partial charge on any atom is -0.493 e. The number of rotatable bonds is 10. The zero-order valence-corrected chi connectivity index (χ0v) is 12.5. The summed E-state index contributed by atoms with van der Waals surface area (Å²) in [4.78, 5) is 0. The van der Waals surface area contributed by atoms with Gasteiger partial charge in [-0.3, -0.25) is 0 Å². The number of hydrogen-bond acceptors (Lipinski definition) is 3. The fourth-order valence-electron chi connectivity index (χ4n) is 1.99. The molecule has 0 radical (unpaired) electrons. The van der Waals surface area contributed by atoms with Gasteiger partial charge in [0.05, 0.1) is 13.7 Å². The monoisotopic (exact) mass is 265 g/mol. The van der Waals surface area contributed by atoms with Gasteiger partial charge >= 0.3 is 0 Å². The number of nitrogens with one attached hydrogen (secondary N) is 1. The molecule has 0 atom stereocenters. The molecule has 0 aliphatic rings. The first-order valence-corrected chi connectivity index (χ1v) is 7.26. The van der Waals surface area contributed by atoms with E-state index in [0.29, 0.717) is 0 Å². The van der Waals surface area contributed by atoms with Crippen LogP contribution in [0.25, 0.3) is 0 Å². The largest absolute Gasteiger partial charge is 0.493 e. The molecule has 0 aliphatic heterocycles. The van der Waals surface area contributed by atoms with Crippen LogP contribution in [0.3, 0.4) is 0 Å². The van der Waals surface area contributed by atoms with Crippen molar-refractivity contribution in [2.24, 2.45) is 0 Å². The molecule has 3 heteroatoms. The van der Waals surface area contributed by atoms with Gasteiger partial charge in [0.2, 0.25) is 0 Å². The van der Waals surface area contributed by atoms with Gasteiger partial charge in [-0.25, -0.2) is 0 Å². The molecule has 0 aliphatic carbocycles. The third kappa shape index (κ3) is 5.97. The van der Waals surface area contributed by atoms with E-state index in [2.05, 4.69) is 24.4 Å². The molecular weight excluding hydrogens is 238 g/mol. The highest BCUT2D eigenvalue weighted by molar-refractivity contribution is 5.42. The highest BCUT2D eigenvalue weighted by Gasteiger charge is 2.04. The number of methoxy groups -OCH3 is 1. The quantitative estimate of drug-likeness (QED) is 0.658. The maximum atomic E-state index is 5.79. The molecule has 0 saturated carbocycles. The van der Waals surface area contributed by atoms with Crippen LogP contribution in [0.2, 0.25) is 0 Å². The average molecular weight is 265 g/mol. The Morgan fingerprint density at radius 2 is 1.84 bits per heavy atom. The van der Waals surface area contributed by atoms with Crippen molar-refractivity contribution in [2.45, 2.75) is 39.0 Å². The van der Waals surface area contributed by atoms with Crippen LogP contribution in [0, 0.1) is 0 Å². The molecule has 1 aromatic carbocycles. The van der Waals surface area contributed by atoms with Crippen molar-refractivity contribution in [2.75, 3.05) is 27.3 Å². The smallest absolute Gasteiger partial charge is 0.161 e. The van der Waals surface area contributed by atoms with Crippen LogP contribution >= 0.6 is 0 Å². The summed E-state index contributed by atoms with van der Waals surface area (Å²) in [6, 6.07) is 6.17. The number of ether oxygens (including phenoxy) is 2. The van der Waals surface area contributed by atoms with Gasteiger partial charge in [-0.05, 0) is 50.6 Å².